The topological polar surface area (TPSA) is 38.3 Å². The van der Waals surface area contributed by atoms with E-state index in [1.807, 2.05) is 0 Å². The van der Waals surface area contributed by atoms with Gasteiger partial charge in [0, 0.05) is 12.5 Å². The Morgan fingerprint density at radius 2 is 2.21 bits per heavy atom. The van der Waals surface area contributed by atoms with Crippen LogP contribution in [0.15, 0.2) is 0 Å². The van der Waals surface area contributed by atoms with Gasteiger partial charge >= 0.3 is 5.97 Å². The lowest BCUT2D eigenvalue weighted by molar-refractivity contribution is -0.163. The van der Waals surface area contributed by atoms with Gasteiger partial charge in [0.05, 0.1) is 0 Å². The molecule has 2 atom stereocenters. The van der Waals surface area contributed by atoms with Gasteiger partial charge in [-0.05, 0) is 33.7 Å². The van der Waals surface area contributed by atoms with Gasteiger partial charge in [-0.3, -0.25) is 0 Å². The molecule has 0 radical (unpaired) electrons. The summed E-state index contributed by atoms with van der Waals surface area (Å²) in [5, 5.41) is 3.02. The van der Waals surface area contributed by atoms with E-state index in [1.165, 1.54) is 0 Å². The standard InChI is InChI=1S/C10H18FNO2/c1-10(2,3)14-9(13)8(11)7-4-5-12-6-7/h7-8,12H,4-6H2,1-3H3. The van der Waals surface area contributed by atoms with E-state index in [2.05, 4.69) is 5.32 Å². The highest BCUT2D eigenvalue weighted by Gasteiger charge is 2.33. The summed E-state index contributed by atoms with van der Waals surface area (Å²) in [7, 11) is 0. The minimum atomic E-state index is -1.48. The molecule has 1 aliphatic heterocycles. The molecule has 2 unspecified atom stereocenters. The van der Waals surface area contributed by atoms with E-state index >= 15 is 0 Å². The summed E-state index contributed by atoms with van der Waals surface area (Å²) >= 11 is 0. The zero-order valence-corrected chi connectivity index (χ0v) is 8.97. The highest BCUT2D eigenvalue weighted by atomic mass is 19.1. The Kier molecular flexibility index (Phi) is 3.48. The van der Waals surface area contributed by atoms with Crippen LogP contribution < -0.4 is 5.32 Å². The van der Waals surface area contributed by atoms with E-state index in [1.54, 1.807) is 20.8 Å². The Labute approximate surface area is 84.0 Å². The second-order valence-corrected chi connectivity index (χ2v) is 4.69. The van der Waals surface area contributed by atoms with E-state index in [-0.39, 0.29) is 5.92 Å². The van der Waals surface area contributed by atoms with Crippen LogP contribution in [-0.2, 0) is 9.53 Å². The van der Waals surface area contributed by atoms with Crippen molar-refractivity contribution in [3.63, 3.8) is 0 Å². The molecule has 0 aromatic carbocycles. The average Bonchev–Trinajstić information content (AvgIpc) is 2.51. The molecule has 1 heterocycles. The Morgan fingerprint density at radius 1 is 1.57 bits per heavy atom. The van der Waals surface area contributed by atoms with Gasteiger partial charge in [-0.1, -0.05) is 0 Å². The van der Waals surface area contributed by atoms with Crippen LogP contribution in [0.3, 0.4) is 0 Å². The maximum Gasteiger partial charge on any atom is 0.341 e. The number of carbonyl (C=O) groups is 1. The zero-order chi connectivity index (χ0) is 10.8. The normalized spacial score (nSPS) is 24.7. The third-order valence-electron chi connectivity index (χ3n) is 2.14. The molecule has 14 heavy (non-hydrogen) atoms. The maximum absolute atomic E-state index is 13.5. The number of ether oxygens (including phenoxy) is 1. The third kappa shape index (κ3) is 3.25. The summed E-state index contributed by atoms with van der Waals surface area (Å²) in [6.07, 6.45) is -0.773. The summed E-state index contributed by atoms with van der Waals surface area (Å²) < 4.78 is 18.5. The van der Waals surface area contributed by atoms with Crippen molar-refractivity contribution < 1.29 is 13.9 Å². The first kappa shape index (κ1) is 11.4. The Hall–Kier alpha value is -0.640. The fourth-order valence-corrected chi connectivity index (χ4v) is 1.48. The lowest BCUT2D eigenvalue weighted by atomic mass is 10.0. The van der Waals surface area contributed by atoms with Gasteiger partial charge in [0.2, 0.25) is 6.17 Å². The van der Waals surface area contributed by atoms with Crippen LogP contribution >= 0.6 is 0 Å². The number of halogens is 1. The number of hydrogen-bond acceptors (Lipinski definition) is 3. The number of nitrogens with one attached hydrogen (secondary N) is 1. The molecule has 1 rings (SSSR count). The van der Waals surface area contributed by atoms with Gasteiger partial charge in [0.25, 0.3) is 0 Å². The summed E-state index contributed by atoms with van der Waals surface area (Å²) in [5.41, 5.74) is -0.604. The van der Waals surface area contributed by atoms with Gasteiger partial charge in [0.15, 0.2) is 0 Å². The van der Waals surface area contributed by atoms with E-state index < -0.39 is 17.7 Å². The Balaban J connectivity index is 2.43. The number of carbonyl (C=O) groups excluding carboxylic acids is 1. The summed E-state index contributed by atoms with van der Waals surface area (Å²) in [6, 6.07) is 0. The predicted octanol–water partition coefficient (Wildman–Crippen LogP) is 1.28. The van der Waals surface area contributed by atoms with Gasteiger partial charge in [-0.2, -0.15) is 0 Å². The third-order valence-corrected chi connectivity index (χ3v) is 2.14. The summed E-state index contributed by atoms with van der Waals surface area (Å²) in [5.74, 6) is -0.948. The first-order valence-electron chi connectivity index (χ1n) is 4.98. The van der Waals surface area contributed by atoms with Crippen molar-refractivity contribution in [3.8, 4) is 0 Å². The summed E-state index contributed by atoms with van der Waals surface area (Å²) in [6.45, 7) is 6.58. The fourth-order valence-electron chi connectivity index (χ4n) is 1.48. The molecule has 1 saturated heterocycles. The molecule has 0 aromatic heterocycles. The maximum atomic E-state index is 13.5. The molecule has 1 N–H and O–H groups in total. The highest BCUT2D eigenvalue weighted by Crippen LogP contribution is 2.19. The number of rotatable bonds is 2. The smallest absolute Gasteiger partial charge is 0.341 e. The molecule has 0 amide bonds. The molecule has 0 aromatic rings. The van der Waals surface area contributed by atoms with Crippen LogP contribution in [0.25, 0.3) is 0 Å². The molecular formula is C10H18FNO2. The average molecular weight is 203 g/mol. The summed E-state index contributed by atoms with van der Waals surface area (Å²) in [4.78, 5) is 11.3. The van der Waals surface area contributed by atoms with E-state index in [0.717, 1.165) is 6.54 Å². The molecule has 3 nitrogen and oxygen atoms in total. The van der Waals surface area contributed by atoms with Crippen LogP contribution in [0, 0.1) is 5.92 Å². The van der Waals surface area contributed by atoms with Gasteiger partial charge in [0.1, 0.15) is 5.60 Å². The molecular weight excluding hydrogens is 185 g/mol. The first-order valence-corrected chi connectivity index (χ1v) is 4.98. The van der Waals surface area contributed by atoms with Crippen LogP contribution in [0.5, 0.6) is 0 Å². The predicted molar refractivity (Wildman–Crippen MR) is 51.7 cm³/mol. The first-order chi connectivity index (χ1) is 6.40. The molecule has 4 heteroatoms. The molecule has 1 aliphatic rings. The second-order valence-electron chi connectivity index (χ2n) is 4.69. The number of hydrogen-bond donors (Lipinski definition) is 1. The Bertz CT molecular complexity index is 207. The molecule has 0 aliphatic carbocycles. The molecule has 1 fully saturated rings. The lowest BCUT2D eigenvalue weighted by Crippen LogP contribution is -2.34. The van der Waals surface area contributed by atoms with Crippen molar-refractivity contribution in [2.24, 2.45) is 5.92 Å². The largest absolute Gasteiger partial charge is 0.458 e. The van der Waals surface area contributed by atoms with E-state index in [9.17, 15) is 9.18 Å². The van der Waals surface area contributed by atoms with Crippen molar-refractivity contribution in [1.82, 2.24) is 5.32 Å². The van der Waals surface area contributed by atoms with E-state index in [0.29, 0.717) is 13.0 Å². The SMILES string of the molecule is CC(C)(C)OC(=O)C(F)C1CCNC1. The monoisotopic (exact) mass is 203 g/mol. The Morgan fingerprint density at radius 3 is 2.64 bits per heavy atom. The van der Waals surface area contributed by atoms with Crippen molar-refractivity contribution >= 4 is 5.97 Å². The van der Waals surface area contributed by atoms with Crippen LogP contribution in [0.1, 0.15) is 27.2 Å². The van der Waals surface area contributed by atoms with Crippen molar-refractivity contribution in [3.05, 3.63) is 0 Å². The molecule has 0 saturated carbocycles. The van der Waals surface area contributed by atoms with Crippen LogP contribution in [0.2, 0.25) is 0 Å². The minimum Gasteiger partial charge on any atom is -0.458 e. The zero-order valence-electron chi connectivity index (χ0n) is 8.97. The fraction of sp³-hybridized carbons (Fsp3) is 0.900. The minimum absolute atomic E-state index is 0.218. The van der Waals surface area contributed by atoms with Crippen molar-refractivity contribution in [2.75, 3.05) is 13.1 Å². The van der Waals surface area contributed by atoms with Crippen LogP contribution in [-0.4, -0.2) is 30.8 Å². The number of alkyl halides is 1. The lowest BCUT2D eigenvalue weighted by Gasteiger charge is -2.22. The second kappa shape index (κ2) is 4.26. The highest BCUT2D eigenvalue weighted by molar-refractivity contribution is 5.75. The quantitative estimate of drug-likeness (QED) is 0.687. The molecule has 0 bridgehead atoms. The van der Waals surface area contributed by atoms with Crippen molar-refractivity contribution in [1.29, 1.82) is 0 Å². The van der Waals surface area contributed by atoms with Gasteiger partial charge in [-0.25, -0.2) is 9.18 Å². The van der Waals surface area contributed by atoms with Gasteiger partial charge < -0.3 is 10.1 Å². The molecule has 0 spiro atoms. The van der Waals surface area contributed by atoms with Gasteiger partial charge in [-0.15, -0.1) is 0 Å². The van der Waals surface area contributed by atoms with Crippen LogP contribution in [0.4, 0.5) is 4.39 Å². The van der Waals surface area contributed by atoms with E-state index in [4.69, 9.17) is 4.74 Å². The molecule has 82 valence electrons. The number of esters is 1. The van der Waals surface area contributed by atoms with Crippen molar-refractivity contribution in [2.45, 2.75) is 39.0 Å².